The number of hydrogen-bond acceptors (Lipinski definition) is 2. The Labute approximate surface area is 156 Å². The average Bonchev–Trinajstić information content (AvgIpc) is 2.60. The maximum atomic E-state index is 11.1. The average molecular weight is 357 g/mol. The van der Waals surface area contributed by atoms with Gasteiger partial charge in [0.15, 0.2) is 6.10 Å². The molecule has 1 N–H and O–H groups in total. The summed E-state index contributed by atoms with van der Waals surface area (Å²) >= 11 is 0. The van der Waals surface area contributed by atoms with Crippen LogP contribution in [0.25, 0.3) is 0 Å². The molecule has 0 rings (SSSR count). The van der Waals surface area contributed by atoms with E-state index in [1.165, 1.54) is 77.0 Å². The molecular formula is C22H44O3. The van der Waals surface area contributed by atoms with Crippen molar-refractivity contribution in [2.45, 2.75) is 129 Å². The van der Waals surface area contributed by atoms with Crippen LogP contribution in [0.4, 0.5) is 0 Å². The third kappa shape index (κ3) is 18.0. The number of carboxylic acid groups (broad SMARTS) is 1. The molecule has 0 aliphatic rings. The fourth-order valence-electron chi connectivity index (χ4n) is 3.17. The van der Waals surface area contributed by atoms with Crippen LogP contribution in [0.5, 0.6) is 0 Å². The molecule has 25 heavy (non-hydrogen) atoms. The Balaban J connectivity index is 3.30. The summed E-state index contributed by atoms with van der Waals surface area (Å²) in [6, 6.07) is 0. The second-order valence-electron chi connectivity index (χ2n) is 7.44. The van der Waals surface area contributed by atoms with Gasteiger partial charge >= 0.3 is 5.97 Å². The highest BCUT2D eigenvalue weighted by atomic mass is 16.5. The van der Waals surface area contributed by atoms with Gasteiger partial charge in [0, 0.05) is 6.61 Å². The van der Waals surface area contributed by atoms with Gasteiger partial charge in [-0.25, -0.2) is 4.79 Å². The first-order valence-electron chi connectivity index (χ1n) is 11.1. The molecule has 0 fully saturated rings. The smallest absolute Gasteiger partial charge is 0.332 e. The van der Waals surface area contributed by atoms with Crippen LogP contribution in [0, 0.1) is 0 Å². The van der Waals surface area contributed by atoms with E-state index in [0.29, 0.717) is 13.0 Å². The van der Waals surface area contributed by atoms with Gasteiger partial charge in [-0.05, 0) is 12.8 Å². The SMILES string of the molecule is CCCCCCCCCCCCCCCCC(OCCCC)C(=O)O. The lowest BCUT2D eigenvalue weighted by Crippen LogP contribution is -2.24. The molecule has 0 radical (unpaired) electrons. The Morgan fingerprint density at radius 1 is 0.680 bits per heavy atom. The number of carbonyl (C=O) groups is 1. The van der Waals surface area contributed by atoms with E-state index >= 15 is 0 Å². The quantitative estimate of drug-likeness (QED) is 0.236. The van der Waals surface area contributed by atoms with E-state index < -0.39 is 12.1 Å². The second-order valence-corrected chi connectivity index (χ2v) is 7.44. The molecule has 0 aromatic heterocycles. The zero-order chi connectivity index (χ0) is 18.6. The Morgan fingerprint density at radius 3 is 1.48 bits per heavy atom. The maximum Gasteiger partial charge on any atom is 0.332 e. The number of hydrogen-bond donors (Lipinski definition) is 1. The van der Waals surface area contributed by atoms with Crippen molar-refractivity contribution in [3.63, 3.8) is 0 Å². The van der Waals surface area contributed by atoms with Crippen molar-refractivity contribution in [2.75, 3.05) is 6.61 Å². The molecule has 0 saturated heterocycles. The highest BCUT2D eigenvalue weighted by Gasteiger charge is 2.16. The van der Waals surface area contributed by atoms with Crippen LogP contribution in [-0.4, -0.2) is 23.8 Å². The van der Waals surface area contributed by atoms with Gasteiger partial charge in [-0.2, -0.15) is 0 Å². The zero-order valence-corrected chi connectivity index (χ0v) is 17.1. The molecular weight excluding hydrogens is 312 g/mol. The van der Waals surface area contributed by atoms with Gasteiger partial charge in [0.05, 0.1) is 0 Å². The molecule has 0 aromatic carbocycles. The van der Waals surface area contributed by atoms with Crippen LogP contribution in [-0.2, 0) is 9.53 Å². The van der Waals surface area contributed by atoms with Gasteiger partial charge in [0.25, 0.3) is 0 Å². The van der Waals surface area contributed by atoms with Crippen LogP contribution in [0.1, 0.15) is 123 Å². The van der Waals surface area contributed by atoms with Crippen molar-refractivity contribution < 1.29 is 14.6 Å². The fourth-order valence-corrected chi connectivity index (χ4v) is 3.17. The molecule has 3 heteroatoms. The third-order valence-corrected chi connectivity index (χ3v) is 4.91. The van der Waals surface area contributed by atoms with Crippen LogP contribution in [0.3, 0.4) is 0 Å². The molecule has 0 amide bonds. The Hall–Kier alpha value is -0.570. The van der Waals surface area contributed by atoms with Crippen LogP contribution in [0.15, 0.2) is 0 Å². The molecule has 3 nitrogen and oxygen atoms in total. The topological polar surface area (TPSA) is 46.5 Å². The molecule has 0 bridgehead atoms. The summed E-state index contributed by atoms with van der Waals surface area (Å²) in [7, 11) is 0. The molecule has 1 unspecified atom stereocenters. The first kappa shape index (κ1) is 24.4. The Bertz CT molecular complexity index is 278. The van der Waals surface area contributed by atoms with Crippen LogP contribution >= 0.6 is 0 Å². The summed E-state index contributed by atoms with van der Waals surface area (Å²) in [6.45, 7) is 4.94. The summed E-state index contributed by atoms with van der Waals surface area (Å²) in [6.07, 6.45) is 20.6. The van der Waals surface area contributed by atoms with Gasteiger partial charge in [0.1, 0.15) is 0 Å². The fraction of sp³-hybridized carbons (Fsp3) is 0.955. The van der Waals surface area contributed by atoms with Gasteiger partial charge < -0.3 is 9.84 Å². The van der Waals surface area contributed by atoms with E-state index in [1.54, 1.807) is 0 Å². The van der Waals surface area contributed by atoms with Gasteiger partial charge in [-0.15, -0.1) is 0 Å². The van der Waals surface area contributed by atoms with Crippen LogP contribution < -0.4 is 0 Å². The van der Waals surface area contributed by atoms with Crippen molar-refractivity contribution >= 4 is 5.97 Å². The van der Waals surface area contributed by atoms with E-state index in [9.17, 15) is 4.79 Å². The Kier molecular flexibility index (Phi) is 19.3. The lowest BCUT2D eigenvalue weighted by atomic mass is 10.0. The molecule has 0 heterocycles. The number of unbranched alkanes of at least 4 members (excludes halogenated alkanes) is 14. The molecule has 0 aliphatic heterocycles. The molecule has 0 saturated carbocycles. The predicted molar refractivity (Wildman–Crippen MR) is 107 cm³/mol. The van der Waals surface area contributed by atoms with Gasteiger partial charge in [0.2, 0.25) is 0 Å². The first-order valence-corrected chi connectivity index (χ1v) is 11.1. The highest BCUT2D eigenvalue weighted by Crippen LogP contribution is 2.14. The molecule has 1 atom stereocenters. The van der Waals surface area contributed by atoms with E-state index in [0.717, 1.165) is 25.7 Å². The minimum absolute atomic E-state index is 0.575. The summed E-state index contributed by atoms with van der Waals surface area (Å²) in [5.41, 5.74) is 0. The van der Waals surface area contributed by atoms with E-state index in [1.807, 2.05) is 0 Å². The minimum Gasteiger partial charge on any atom is -0.479 e. The van der Waals surface area contributed by atoms with Crippen LogP contribution in [0.2, 0.25) is 0 Å². The standard InChI is InChI=1S/C22H44O3/c1-3-5-7-8-9-10-11-12-13-14-15-16-17-18-19-21(22(23)24)25-20-6-4-2/h21H,3-20H2,1-2H3,(H,23,24). The van der Waals surface area contributed by atoms with Crippen molar-refractivity contribution in [1.29, 1.82) is 0 Å². The summed E-state index contributed by atoms with van der Waals surface area (Å²) in [4.78, 5) is 11.1. The number of rotatable bonds is 20. The number of carboxylic acids is 1. The maximum absolute atomic E-state index is 11.1. The van der Waals surface area contributed by atoms with E-state index in [2.05, 4.69) is 13.8 Å². The summed E-state index contributed by atoms with van der Waals surface area (Å²) in [5, 5.41) is 9.15. The summed E-state index contributed by atoms with van der Waals surface area (Å²) in [5.74, 6) is -0.800. The third-order valence-electron chi connectivity index (χ3n) is 4.91. The minimum atomic E-state index is -0.800. The normalized spacial score (nSPS) is 12.4. The van der Waals surface area contributed by atoms with Crippen molar-refractivity contribution in [3.8, 4) is 0 Å². The van der Waals surface area contributed by atoms with Crippen molar-refractivity contribution in [2.24, 2.45) is 0 Å². The predicted octanol–water partition coefficient (Wildman–Crippen LogP) is 7.13. The highest BCUT2D eigenvalue weighted by molar-refractivity contribution is 5.72. The monoisotopic (exact) mass is 356 g/mol. The molecule has 150 valence electrons. The van der Waals surface area contributed by atoms with E-state index in [4.69, 9.17) is 9.84 Å². The molecule has 0 aromatic rings. The van der Waals surface area contributed by atoms with Crippen molar-refractivity contribution in [1.82, 2.24) is 0 Å². The van der Waals surface area contributed by atoms with Gasteiger partial charge in [-0.3, -0.25) is 0 Å². The second kappa shape index (κ2) is 19.8. The first-order chi connectivity index (χ1) is 12.2. The molecule has 0 spiro atoms. The number of aliphatic carboxylic acids is 1. The zero-order valence-electron chi connectivity index (χ0n) is 17.1. The van der Waals surface area contributed by atoms with E-state index in [-0.39, 0.29) is 0 Å². The lowest BCUT2D eigenvalue weighted by Gasteiger charge is -2.13. The lowest BCUT2D eigenvalue weighted by molar-refractivity contribution is -0.151. The van der Waals surface area contributed by atoms with Gasteiger partial charge in [-0.1, -0.05) is 110 Å². The van der Waals surface area contributed by atoms with Crippen molar-refractivity contribution in [3.05, 3.63) is 0 Å². The number of ether oxygens (including phenoxy) is 1. The molecule has 0 aliphatic carbocycles. The Morgan fingerprint density at radius 2 is 1.08 bits per heavy atom. The largest absolute Gasteiger partial charge is 0.479 e. The summed E-state index contributed by atoms with van der Waals surface area (Å²) < 4.78 is 5.46.